The summed E-state index contributed by atoms with van der Waals surface area (Å²) in [5, 5.41) is 23.5. The molecule has 20 heteroatoms. The van der Waals surface area contributed by atoms with Crippen molar-refractivity contribution in [2.45, 2.75) is 40.0 Å². The average Bonchev–Trinajstić information content (AvgIpc) is 3.45. The summed E-state index contributed by atoms with van der Waals surface area (Å²) in [4.78, 5) is 102. The van der Waals surface area contributed by atoms with Crippen LogP contribution in [0.4, 0.5) is 11.4 Å². The van der Waals surface area contributed by atoms with Crippen LogP contribution in [-0.4, -0.2) is 102 Å². The molecule has 0 saturated heterocycles. The number of rotatable bonds is 14. The van der Waals surface area contributed by atoms with Gasteiger partial charge in [-0.25, -0.2) is 14.8 Å². The molecule has 11 rings (SSSR count). The fourth-order valence-electron chi connectivity index (χ4n) is 8.10. The lowest BCUT2D eigenvalue weighted by Gasteiger charge is -2.31. The summed E-state index contributed by atoms with van der Waals surface area (Å²) >= 11 is 0. The first-order chi connectivity index (χ1) is 36.8. The fourth-order valence-corrected chi connectivity index (χ4v) is 8.10. The number of likely N-dealkylation sites (N-methyl/N-ethyl adjacent to an activating group) is 2. The molecule has 5 aliphatic rings. The topological polar surface area (TPSA) is 278 Å². The van der Waals surface area contributed by atoms with Crippen LogP contribution in [-0.2, 0) is 45.3 Å². The van der Waals surface area contributed by atoms with Crippen LogP contribution in [0.25, 0.3) is 10.4 Å². The van der Waals surface area contributed by atoms with Crippen molar-refractivity contribution in [3.63, 3.8) is 0 Å². The van der Waals surface area contributed by atoms with Gasteiger partial charge >= 0.3 is 5.97 Å². The van der Waals surface area contributed by atoms with Gasteiger partial charge in [0, 0.05) is 75.2 Å². The number of nitrogens with one attached hydrogen (secondary N) is 4. The fraction of sp³-hybridized carbons (Fsp3) is 0.232. The Labute approximate surface area is 438 Å². The largest absolute Gasteiger partial charge is 0.480 e. The number of hydrogen-bond acceptors (Lipinski definition) is 13. The Morgan fingerprint density at radius 2 is 0.895 bits per heavy atom. The van der Waals surface area contributed by atoms with Crippen LogP contribution in [0.5, 0.6) is 0 Å². The number of aromatic nitrogens is 2. The number of carboxylic acid groups (broad SMARTS) is 1. The molecule has 388 valence electrons. The first-order valence-electron chi connectivity index (χ1n) is 24.4. The van der Waals surface area contributed by atoms with Gasteiger partial charge in [0.05, 0.1) is 6.61 Å². The van der Waals surface area contributed by atoms with Crippen molar-refractivity contribution >= 4 is 52.5 Å². The standard InChI is InChI=1S/C30H26N6O4.C26H29N5O5/c37-27-23-3-1-4-24(35-23)28(38)32-16-20-9-13-22(14-10-20)18-34-30(40)26-6-2-5-25(36-26)29(39)33-17-21-11-7-19(8-12-21)15-31-27;1-3-30(14-13-28-29-27)20-9-5-18(6-10-20)23-25(34)24(26(23)35)19-7-11-21(12-8-19)31(4-2)15-16-36-17-22(32)33/h1-14H,15-18H2,(H,31,37)(H,32,38)(H,33,39)(H,34,40);5-12H,3-4,13-17H2,1-2H3,(H,32,33). The normalized spacial score (nSPS) is 14.2. The Morgan fingerprint density at radius 1 is 0.553 bits per heavy atom. The number of anilines is 2. The number of aliphatic carboxylic acids is 1. The third kappa shape index (κ3) is 14.5. The summed E-state index contributed by atoms with van der Waals surface area (Å²) < 4.78 is 5.11. The van der Waals surface area contributed by atoms with Gasteiger partial charge in [-0.15, -0.1) is 0 Å². The van der Waals surface area contributed by atoms with Crippen molar-refractivity contribution in [1.82, 2.24) is 31.2 Å². The van der Waals surface area contributed by atoms with Crippen LogP contribution in [0.1, 0.15) is 89.2 Å². The van der Waals surface area contributed by atoms with Crippen molar-refractivity contribution in [3.05, 3.63) is 212 Å². The van der Waals surface area contributed by atoms with E-state index < -0.39 is 29.6 Å². The quantitative estimate of drug-likeness (QED) is 0.0365. The minimum Gasteiger partial charge on any atom is -0.480 e. The minimum absolute atomic E-state index is 0.137. The van der Waals surface area contributed by atoms with Crippen LogP contribution in [0.2, 0.25) is 0 Å². The molecule has 2 radical (unpaired) electrons. The molecule has 8 bridgehead atoms. The summed E-state index contributed by atoms with van der Waals surface area (Å²) in [6.07, 6.45) is 0. The number of hydrogen-bond donors (Lipinski definition) is 5. The van der Waals surface area contributed by atoms with Gasteiger partial charge in [-0.2, -0.15) is 0 Å². The molecule has 0 spiro atoms. The molecule has 5 N–H and O–H groups in total. The molecule has 2 aromatic heterocycles. The van der Waals surface area contributed by atoms with E-state index in [9.17, 15) is 33.6 Å². The Balaban J connectivity index is 0.000000223. The van der Waals surface area contributed by atoms with E-state index in [4.69, 9.17) is 15.4 Å². The number of carbonyl (C=O) groups is 7. The van der Waals surface area contributed by atoms with E-state index in [0.29, 0.717) is 37.3 Å². The molecule has 6 heterocycles. The van der Waals surface area contributed by atoms with Gasteiger partial charge in [-0.05, 0) is 101 Å². The number of azide groups is 1. The number of carbonyl (C=O) groups excluding carboxylic acids is 6. The SMILES string of the molecule is CCN(CCN=[N+]=[N-])c1ccc([C]2C(=O)[C](c3ccc(N(CC)CCOCC(=O)O)cc3)C2=O)cc1.O=C1NCc2ccc(cc2)CNC(=O)c2cccc(n2)C(=O)NCc2ccc(cc2)CNC(=O)c2cccc1n2. The maximum Gasteiger partial charge on any atom is 0.329 e. The molecule has 1 saturated carbocycles. The third-order valence-electron chi connectivity index (χ3n) is 12.3. The number of ether oxygens (including phenoxy) is 1. The molecule has 1 aliphatic carbocycles. The lowest BCUT2D eigenvalue weighted by Crippen LogP contribution is -2.46. The van der Waals surface area contributed by atoms with E-state index in [1.54, 1.807) is 60.7 Å². The number of nitrogens with zero attached hydrogens (tertiary/aromatic N) is 7. The second-order valence-corrected chi connectivity index (χ2v) is 17.2. The van der Waals surface area contributed by atoms with Crippen molar-refractivity contribution < 1.29 is 43.4 Å². The predicted octanol–water partition coefficient (Wildman–Crippen LogP) is 5.96. The second kappa shape index (κ2) is 26.6. The van der Waals surface area contributed by atoms with Crippen LogP contribution in [0, 0.1) is 11.8 Å². The summed E-state index contributed by atoms with van der Waals surface area (Å²) in [6, 6.07) is 38.6. The first kappa shape index (κ1) is 54.5. The molecular formula is C56H55N11O9. The zero-order valence-corrected chi connectivity index (χ0v) is 41.8. The Kier molecular flexibility index (Phi) is 19.1. The van der Waals surface area contributed by atoms with Gasteiger partial charge in [-0.1, -0.05) is 90.0 Å². The van der Waals surface area contributed by atoms with Crippen molar-refractivity contribution in [1.29, 1.82) is 0 Å². The molecule has 20 nitrogen and oxygen atoms in total. The van der Waals surface area contributed by atoms with E-state index in [1.165, 1.54) is 0 Å². The highest BCUT2D eigenvalue weighted by Gasteiger charge is 2.52. The first-order valence-corrected chi connectivity index (χ1v) is 24.4. The number of carboxylic acids is 1. The zero-order valence-electron chi connectivity index (χ0n) is 41.8. The van der Waals surface area contributed by atoms with E-state index in [-0.39, 0.29) is 85.6 Å². The van der Waals surface area contributed by atoms with Crippen molar-refractivity contribution in [2.24, 2.45) is 5.11 Å². The Hall–Kier alpha value is -9.26. The lowest BCUT2D eigenvalue weighted by molar-refractivity contribution is -0.142. The van der Waals surface area contributed by atoms with Gasteiger partial charge in [0.25, 0.3) is 23.6 Å². The number of benzene rings is 4. The molecule has 76 heavy (non-hydrogen) atoms. The zero-order chi connectivity index (χ0) is 54.0. The highest BCUT2D eigenvalue weighted by molar-refractivity contribution is 6.49. The molecule has 4 aromatic carbocycles. The monoisotopic (exact) mass is 1030 g/mol. The molecule has 1 fully saturated rings. The van der Waals surface area contributed by atoms with Crippen molar-refractivity contribution in [3.8, 4) is 0 Å². The van der Waals surface area contributed by atoms with E-state index in [1.807, 2.05) is 96.4 Å². The number of ketones is 2. The predicted molar refractivity (Wildman–Crippen MR) is 282 cm³/mol. The van der Waals surface area contributed by atoms with Crippen LogP contribution in [0.3, 0.4) is 0 Å². The van der Waals surface area contributed by atoms with Gasteiger partial charge in [0.1, 0.15) is 41.2 Å². The molecule has 4 amide bonds. The van der Waals surface area contributed by atoms with E-state index >= 15 is 0 Å². The van der Waals surface area contributed by atoms with Gasteiger partial charge in [0.2, 0.25) is 0 Å². The van der Waals surface area contributed by atoms with Crippen molar-refractivity contribution in [2.75, 3.05) is 55.7 Å². The maximum absolute atomic E-state index is 12.9. The summed E-state index contributed by atoms with van der Waals surface area (Å²) in [5.41, 5.74) is 15.4. The molecule has 6 aromatic rings. The van der Waals surface area contributed by atoms with Crippen LogP contribution < -0.4 is 31.1 Å². The van der Waals surface area contributed by atoms with Gasteiger partial charge in [-0.3, -0.25) is 28.8 Å². The smallest absolute Gasteiger partial charge is 0.329 e. The molecule has 4 aliphatic heterocycles. The number of amides is 4. The minimum atomic E-state index is -1.01. The highest BCUT2D eigenvalue weighted by atomic mass is 16.5. The number of Topliss-reactive ketones (excluding diaryl/α,β-unsaturated/α-hetero) is 2. The summed E-state index contributed by atoms with van der Waals surface area (Å²) in [7, 11) is 0. The summed E-state index contributed by atoms with van der Waals surface area (Å²) in [5.74, 6) is -2.78. The Bertz CT molecular complexity index is 2850. The third-order valence-corrected chi connectivity index (χ3v) is 12.3. The summed E-state index contributed by atoms with van der Waals surface area (Å²) in [6.45, 7) is 7.83. The second-order valence-electron chi connectivity index (χ2n) is 17.2. The van der Waals surface area contributed by atoms with Gasteiger partial charge < -0.3 is 40.9 Å². The lowest BCUT2D eigenvalue weighted by atomic mass is 9.66. The number of pyridine rings is 2. The maximum atomic E-state index is 12.9. The molecular weight excluding hydrogens is 971 g/mol. The average molecular weight is 1030 g/mol. The van der Waals surface area contributed by atoms with E-state index in [0.717, 1.165) is 40.2 Å². The Morgan fingerprint density at radius 3 is 1.21 bits per heavy atom. The van der Waals surface area contributed by atoms with Crippen LogP contribution in [0.15, 0.2) is 139 Å². The van der Waals surface area contributed by atoms with E-state index in [2.05, 4.69) is 41.3 Å². The van der Waals surface area contributed by atoms with Crippen LogP contribution >= 0.6 is 0 Å². The molecule has 0 unspecified atom stereocenters. The molecule has 0 atom stereocenters. The highest BCUT2D eigenvalue weighted by Crippen LogP contribution is 2.40. The van der Waals surface area contributed by atoms with Gasteiger partial charge in [0.15, 0.2) is 11.6 Å².